The van der Waals surface area contributed by atoms with E-state index in [0.717, 1.165) is 10.8 Å². The van der Waals surface area contributed by atoms with E-state index in [-0.39, 0.29) is 18.3 Å². The fraction of sp³-hybridized carbons (Fsp3) is 0.286. The van der Waals surface area contributed by atoms with Crippen LogP contribution in [0.15, 0.2) is 30.3 Å². The third-order valence-electron chi connectivity index (χ3n) is 2.90. The van der Waals surface area contributed by atoms with Crippen LogP contribution in [0.3, 0.4) is 0 Å². The molecule has 100 valence electrons. The van der Waals surface area contributed by atoms with Gasteiger partial charge in [-0.2, -0.15) is 0 Å². The number of carbonyl (C=O) groups is 1. The highest BCUT2D eigenvalue weighted by atomic mass is 16.4. The first-order valence-electron chi connectivity index (χ1n) is 6.12. The third-order valence-corrected chi connectivity index (χ3v) is 2.90. The highest BCUT2D eigenvalue weighted by Crippen LogP contribution is 2.23. The average molecular weight is 260 g/mol. The zero-order valence-corrected chi connectivity index (χ0v) is 10.6. The molecular formula is C14H16N2O3. The van der Waals surface area contributed by atoms with Gasteiger partial charge in [0.25, 0.3) is 0 Å². The number of aliphatic hydroxyl groups excluding tert-OH is 1. The summed E-state index contributed by atoms with van der Waals surface area (Å²) in [6, 6.07) is 9.05. The second-order valence-corrected chi connectivity index (χ2v) is 4.44. The van der Waals surface area contributed by atoms with Gasteiger partial charge in [0.15, 0.2) is 5.69 Å². The summed E-state index contributed by atoms with van der Waals surface area (Å²) >= 11 is 0. The van der Waals surface area contributed by atoms with Crippen LogP contribution in [0.5, 0.6) is 0 Å². The number of carboxylic acids is 1. The standard InChI is InChI=1S/C14H16N2O3/c1-9(6-7-17)15-13-11-5-3-2-4-10(11)8-12(16-13)14(18)19/h2-5,8-9,17H,6-7H2,1H3,(H,15,16)(H,18,19). The fourth-order valence-corrected chi connectivity index (χ4v) is 1.92. The van der Waals surface area contributed by atoms with Gasteiger partial charge in [-0.05, 0) is 24.8 Å². The molecule has 0 aliphatic rings. The molecule has 2 aromatic rings. The van der Waals surface area contributed by atoms with E-state index in [9.17, 15) is 4.79 Å². The van der Waals surface area contributed by atoms with Crippen LogP contribution in [-0.2, 0) is 0 Å². The Labute approximate surface area is 110 Å². The number of fused-ring (bicyclic) bond motifs is 1. The van der Waals surface area contributed by atoms with Gasteiger partial charge in [-0.3, -0.25) is 0 Å². The summed E-state index contributed by atoms with van der Waals surface area (Å²) < 4.78 is 0. The molecule has 0 saturated heterocycles. The molecule has 0 saturated carbocycles. The van der Waals surface area contributed by atoms with Crippen LogP contribution in [0.25, 0.3) is 10.8 Å². The van der Waals surface area contributed by atoms with Crippen LogP contribution < -0.4 is 5.32 Å². The lowest BCUT2D eigenvalue weighted by atomic mass is 10.1. The molecule has 1 atom stereocenters. The van der Waals surface area contributed by atoms with Crippen molar-refractivity contribution in [3.63, 3.8) is 0 Å². The number of carboxylic acid groups (broad SMARTS) is 1. The Morgan fingerprint density at radius 3 is 2.84 bits per heavy atom. The molecule has 0 amide bonds. The van der Waals surface area contributed by atoms with E-state index in [1.165, 1.54) is 0 Å². The first kappa shape index (κ1) is 13.3. The van der Waals surface area contributed by atoms with Crippen LogP contribution in [0.1, 0.15) is 23.8 Å². The lowest BCUT2D eigenvalue weighted by Crippen LogP contribution is -2.18. The maximum atomic E-state index is 11.1. The normalized spacial score (nSPS) is 12.3. The van der Waals surface area contributed by atoms with Gasteiger partial charge in [-0.25, -0.2) is 9.78 Å². The van der Waals surface area contributed by atoms with E-state index in [0.29, 0.717) is 12.2 Å². The predicted molar refractivity (Wildman–Crippen MR) is 73.5 cm³/mol. The topological polar surface area (TPSA) is 82.5 Å². The van der Waals surface area contributed by atoms with Crippen LogP contribution >= 0.6 is 0 Å². The zero-order chi connectivity index (χ0) is 13.8. The minimum Gasteiger partial charge on any atom is -0.477 e. The van der Waals surface area contributed by atoms with Crippen molar-refractivity contribution in [3.05, 3.63) is 36.0 Å². The summed E-state index contributed by atoms with van der Waals surface area (Å²) in [5.41, 5.74) is 0.0115. The first-order chi connectivity index (χ1) is 9.11. The molecule has 19 heavy (non-hydrogen) atoms. The molecule has 3 N–H and O–H groups in total. The Bertz CT molecular complexity index is 598. The smallest absolute Gasteiger partial charge is 0.354 e. The molecule has 0 bridgehead atoms. The molecule has 5 heteroatoms. The highest BCUT2D eigenvalue weighted by molar-refractivity contribution is 5.97. The molecule has 1 heterocycles. The van der Waals surface area contributed by atoms with E-state index < -0.39 is 5.97 Å². The average Bonchev–Trinajstić information content (AvgIpc) is 2.38. The van der Waals surface area contributed by atoms with Crippen molar-refractivity contribution in [1.82, 2.24) is 4.98 Å². The number of aromatic nitrogens is 1. The Morgan fingerprint density at radius 1 is 1.42 bits per heavy atom. The number of anilines is 1. The second kappa shape index (κ2) is 5.67. The Hall–Kier alpha value is -2.14. The van der Waals surface area contributed by atoms with Crippen LogP contribution in [0.4, 0.5) is 5.82 Å². The SMILES string of the molecule is CC(CCO)Nc1nc(C(=O)O)cc2ccccc12. The van der Waals surface area contributed by atoms with E-state index in [1.807, 2.05) is 31.2 Å². The number of aliphatic hydroxyl groups is 1. The minimum atomic E-state index is -1.05. The number of aromatic carboxylic acids is 1. The van der Waals surface area contributed by atoms with Gasteiger partial charge in [0.05, 0.1) is 0 Å². The lowest BCUT2D eigenvalue weighted by molar-refractivity contribution is 0.0691. The van der Waals surface area contributed by atoms with Crippen LogP contribution in [-0.4, -0.2) is 33.8 Å². The minimum absolute atomic E-state index is 0.0115. The Morgan fingerprint density at radius 2 is 2.16 bits per heavy atom. The number of nitrogens with one attached hydrogen (secondary N) is 1. The lowest BCUT2D eigenvalue weighted by Gasteiger charge is -2.15. The summed E-state index contributed by atoms with van der Waals surface area (Å²) in [5.74, 6) is -0.514. The van der Waals surface area contributed by atoms with Gasteiger partial charge >= 0.3 is 5.97 Å². The number of hydrogen-bond donors (Lipinski definition) is 3. The Kier molecular flexibility index (Phi) is 3.97. The molecule has 0 radical (unpaired) electrons. The number of pyridine rings is 1. The summed E-state index contributed by atoms with van der Waals surface area (Å²) in [4.78, 5) is 15.2. The summed E-state index contributed by atoms with van der Waals surface area (Å²) in [7, 11) is 0. The number of rotatable bonds is 5. The van der Waals surface area contributed by atoms with Crippen molar-refractivity contribution in [2.24, 2.45) is 0 Å². The van der Waals surface area contributed by atoms with E-state index in [4.69, 9.17) is 10.2 Å². The number of nitrogens with zero attached hydrogens (tertiary/aromatic N) is 1. The summed E-state index contributed by atoms with van der Waals surface area (Å²) in [5, 5.41) is 22.8. The van der Waals surface area contributed by atoms with Gasteiger partial charge in [0.1, 0.15) is 5.82 Å². The largest absolute Gasteiger partial charge is 0.477 e. The van der Waals surface area contributed by atoms with Crippen LogP contribution in [0, 0.1) is 0 Å². The Balaban J connectivity index is 2.47. The zero-order valence-electron chi connectivity index (χ0n) is 10.6. The molecule has 0 spiro atoms. The van der Waals surface area contributed by atoms with Gasteiger partial charge in [0, 0.05) is 18.0 Å². The maximum absolute atomic E-state index is 11.1. The number of benzene rings is 1. The van der Waals surface area contributed by atoms with Gasteiger partial charge in [0.2, 0.25) is 0 Å². The van der Waals surface area contributed by atoms with Crippen molar-refractivity contribution in [2.45, 2.75) is 19.4 Å². The molecule has 1 unspecified atom stereocenters. The van der Waals surface area contributed by atoms with E-state index in [1.54, 1.807) is 6.07 Å². The van der Waals surface area contributed by atoms with Crippen molar-refractivity contribution in [3.8, 4) is 0 Å². The molecule has 5 nitrogen and oxygen atoms in total. The predicted octanol–water partition coefficient (Wildman–Crippen LogP) is 2.12. The maximum Gasteiger partial charge on any atom is 0.354 e. The summed E-state index contributed by atoms with van der Waals surface area (Å²) in [6.07, 6.45) is 0.577. The number of hydrogen-bond acceptors (Lipinski definition) is 4. The first-order valence-corrected chi connectivity index (χ1v) is 6.12. The van der Waals surface area contributed by atoms with Gasteiger partial charge in [-0.1, -0.05) is 24.3 Å². The van der Waals surface area contributed by atoms with Gasteiger partial charge < -0.3 is 15.5 Å². The molecule has 0 aliphatic heterocycles. The third kappa shape index (κ3) is 3.00. The van der Waals surface area contributed by atoms with Crippen molar-refractivity contribution < 1.29 is 15.0 Å². The molecular weight excluding hydrogens is 244 g/mol. The monoisotopic (exact) mass is 260 g/mol. The molecule has 1 aromatic heterocycles. The fourth-order valence-electron chi connectivity index (χ4n) is 1.92. The van der Waals surface area contributed by atoms with E-state index in [2.05, 4.69) is 10.3 Å². The second-order valence-electron chi connectivity index (χ2n) is 4.44. The summed E-state index contributed by atoms with van der Waals surface area (Å²) in [6.45, 7) is 1.99. The van der Waals surface area contributed by atoms with E-state index >= 15 is 0 Å². The van der Waals surface area contributed by atoms with Crippen molar-refractivity contribution in [1.29, 1.82) is 0 Å². The quantitative estimate of drug-likeness (QED) is 0.767. The van der Waals surface area contributed by atoms with Crippen molar-refractivity contribution >= 4 is 22.6 Å². The molecule has 1 aromatic carbocycles. The molecule has 0 fully saturated rings. The molecule has 2 rings (SSSR count). The van der Waals surface area contributed by atoms with Crippen molar-refractivity contribution in [2.75, 3.05) is 11.9 Å². The van der Waals surface area contributed by atoms with Crippen LogP contribution in [0.2, 0.25) is 0 Å². The molecule has 0 aliphatic carbocycles. The van der Waals surface area contributed by atoms with Gasteiger partial charge in [-0.15, -0.1) is 0 Å². The highest BCUT2D eigenvalue weighted by Gasteiger charge is 2.12.